The molecular formula is C22H37NO. The topological polar surface area (TPSA) is 29.1 Å². The summed E-state index contributed by atoms with van der Waals surface area (Å²) >= 11 is 0. The maximum atomic E-state index is 11.2. The molecule has 0 heterocycles. The first-order chi connectivity index (χ1) is 11.8. The molecule has 0 radical (unpaired) electrons. The molecule has 0 aliphatic heterocycles. The molecule has 0 aliphatic rings. The van der Waals surface area contributed by atoms with E-state index in [1.807, 2.05) is 6.92 Å². The zero-order chi connectivity index (χ0) is 17.7. The molecule has 136 valence electrons. The van der Waals surface area contributed by atoms with Gasteiger partial charge < -0.3 is 5.32 Å². The van der Waals surface area contributed by atoms with Crippen LogP contribution in [0.3, 0.4) is 0 Å². The summed E-state index contributed by atoms with van der Waals surface area (Å²) in [6.07, 6.45) is 28.5. The Morgan fingerprint density at radius 2 is 1.21 bits per heavy atom. The lowest BCUT2D eigenvalue weighted by molar-refractivity contribution is -0.121. The average Bonchev–Trinajstić information content (AvgIpc) is 2.58. The van der Waals surface area contributed by atoms with Crippen LogP contribution in [0.15, 0.2) is 48.6 Å². The zero-order valence-corrected chi connectivity index (χ0v) is 15.8. The highest BCUT2D eigenvalue weighted by molar-refractivity contribution is 5.75. The number of carbonyl (C=O) groups excluding carboxylic acids is 1. The average molecular weight is 332 g/mol. The second-order valence-corrected chi connectivity index (χ2v) is 5.93. The van der Waals surface area contributed by atoms with E-state index in [-0.39, 0.29) is 5.91 Å². The van der Waals surface area contributed by atoms with Crippen molar-refractivity contribution in [1.29, 1.82) is 0 Å². The van der Waals surface area contributed by atoms with E-state index in [1.54, 1.807) is 0 Å². The van der Waals surface area contributed by atoms with Crippen LogP contribution in [0.1, 0.15) is 78.1 Å². The van der Waals surface area contributed by atoms with Crippen LogP contribution in [0, 0.1) is 0 Å². The van der Waals surface area contributed by atoms with Gasteiger partial charge in [-0.3, -0.25) is 4.79 Å². The molecule has 0 aromatic heterocycles. The van der Waals surface area contributed by atoms with Crippen molar-refractivity contribution in [1.82, 2.24) is 5.32 Å². The summed E-state index contributed by atoms with van der Waals surface area (Å²) in [5.74, 6) is 0.161. The van der Waals surface area contributed by atoms with Crippen molar-refractivity contribution in [3.63, 3.8) is 0 Å². The highest BCUT2D eigenvalue weighted by atomic mass is 16.1. The van der Waals surface area contributed by atoms with Crippen LogP contribution in [0.4, 0.5) is 0 Å². The van der Waals surface area contributed by atoms with Crippen LogP contribution < -0.4 is 5.32 Å². The van der Waals surface area contributed by atoms with Gasteiger partial charge in [-0.25, -0.2) is 0 Å². The molecule has 0 rings (SSSR count). The molecule has 0 saturated heterocycles. The van der Waals surface area contributed by atoms with E-state index in [1.165, 1.54) is 25.7 Å². The molecule has 0 spiro atoms. The fourth-order valence-corrected chi connectivity index (χ4v) is 2.23. The lowest BCUT2D eigenvalue weighted by atomic mass is 10.2. The van der Waals surface area contributed by atoms with Gasteiger partial charge in [0.2, 0.25) is 5.91 Å². The maximum Gasteiger partial charge on any atom is 0.219 e. The van der Waals surface area contributed by atoms with Crippen LogP contribution in [-0.4, -0.2) is 12.5 Å². The second-order valence-electron chi connectivity index (χ2n) is 5.93. The molecule has 1 N–H and O–H groups in total. The Balaban J connectivity index is 3.43. The summed E-state index contributed by atoms with van der Waals surface area (Å²) in [5, 5.41) is 2.82. The summed E-state index contributed by atoms with van der Waals surface area (Å²) in [6, 6.07) is 0. The predicted octanol–water partition coefficient (Wildman–Crippen LogP) is 6.27. The van der Waals surface area contributed by atoms with Crippen molar-refractivity contribution in [3.8, 4) is 0 Å². The summed E-state index contributed by atoms with van der Waals surface area (Å²) in [6.45, 7) is 4.91. The molecule has 0 saturated carbocycles. The fraction of sp³-hybridized carbons (Fsp3) is 0.591. The summed E-state index contributed by atoms with van der Waals surface area (Å²) in [5.41, 5.74) is 0. The highest BCUT2D eigenvalue weighted by Crippen LogP contribution is 2.01. The van der Waals surface area contributed by atoms with E-state index >= 15 is 0 Å². The Hall–Kier alpha value is -1.57. The van der Waals surface area contributed by atoms with E-state index < -0.39 is 0 Å². The van der Waals surface area contributed by atoms with Crippen molar-refractivity contribution in [2.75, 3.05) is 6.54 Å². The third-order valence-corrected chi connectivity index (χ3v) is 3.61. The number of amides is 1. The van der Waals surface area contributed by atoms with Gasteiger partial charge >= 0.3 is 0 Å². The van der Waals surface area contributed by atoms with Gasteiger partial charge in [-0.2, -0.15) is 0 Å². The molecule has 0 unspecified atom stereocenters. The minimum Gasteiger partial charge on any atom is -0.356 e. The van der Waals surface area contributed by atoms with E-state index in [2.05, 4.69) is 60.8 Å². The van der Waals surface area contributed by atoms with Gasteiger partial charge in [-0.1, -0.05) is 68.4 Å². The molecule has 0 aliphatic carbocycles. The lowest BCUT2D eigenvalue weighted by Crippen LogP contribution is -2.21. The molecule has 0 bridgehead atoms. The molecular weight excluding hydrogens is 294 g/mol. The van der Waals surface area contributed by atoms with Gasteiger partial charge in [-0.15, -0.1) is 0 Å². The third kappa shape index (κ3) is 18.5. The summed E-state index contributed by atoms with van der Waals surface area (Å²) in [4.78, 5) is 11.2. The van der Waals surface area contributed by atoms with Crippen LogP contribution in [0.2, 0.25) is 0 Å². The van der Waals surface area contributed by atoms with Crippen molar-refractivity contribution in [3.05, 3.63) is 48.6 Å². The van der Waals surface area contributed by atoms with Gasteiger partial charge in [0.05, 0.1) is 0 Å². The number of hydrogen-bond acceptors (Lipinski definition) is 1. The van der Waals surface area contributed by atoms with Gasteiger partial charge in [0, 0.05) is 13.0 Å². The number of unbranched alkanes of at least 4 members (excludes halogenated alkanes) is 4. The number of hydrogen-bond donors (Lipinski definition) is 1. The minimum absolute atomic E-state index is 0.161. The minimum atomic E-state index is 0.161. The standard InChI is InChI=1S/C22H37NO/c1-3-5-6-7-8-9-10-11-12-13-14-15-16-17-18-19-20-21-22(24)23-4-2/h8-9,11-12,14-15,17-18H,3-7,10,13,16,19-21H2,1-2H3,(H,23,24). The van der Waals surface area contributed by atoms with Crippen molar-refractivity contribution >= 4 is 5.91 Å². The van der Waals surface area contributed by atoms with Gasteiger partial charge in [-0.05, 0) is 51.9 Å². The van der Waals surface area contributed by atoms with Crippen LogP contribution in [-0.2, 0) is 4.79 Å². The SMILES string of the molecule is CCCCCC=CCC=CCC=CCC=CCCCC(=O)NCC. The fourth-order valence-electron chi connectivity index (χ4n) is 2.23. The first kappa shape index (κ1) is 22.4. The Morgan fingerprint density at radius 3 is 1.71 bits per heavy atom. The van der Waals surface area contributed by atoms with Crippen molar-refractivity contribution in [2.24, 2.45) is 0 Å². The molecule has 2 nitrogen and oxygen atoms in total. The van der Waals surface area contributed by atoms with E-state index in [0.717, 1.165) is 38.6 Å². The number of nitrogens with one attached hydrogen (secondary N) is 1. The lowest BCUT2D eigenvalue weighted by Gasteiger charge is -1.99. The molecule has 0 aromatic carbocycles. The Labute approximate surface area is 149 Å². The zero-order valence-electron chi connectivity index (χ0n) is 15.8. The Kier molecular flexibility index (Phi) is 18.2. The second kappa shape index (κ2) is 19.5. The molecule has 0 aromatic rings. The first-order valence-corrected chi connectivity index (χ1v) is 9.67. The molecule has 24 heavy (non-hydrogen) atoms. The number of carbonyl (C=O) groups is 1. The largest absolute Gasteiger partial charge is 0.356 e. The van der Waals surface area contributed by atoms with E-state index in [0.29, 0.717) is 6.42 Å². The molecule has 0 atom stereocenters. The smallest absolute Gasteiger partial charge is 0.219 e. The molecule has 2 heteroatoms. The highest BCUT2D eigenvalue weighted by Gasteiger charge is 1.96. The third-order valence-electron chi connectivity index (χ3n) is 3.61. The maximum absolute atomic E-state index is 11.2. The normalized spacial score (nSPS) is 12.2. The van der Waals surface area contributed by atoms with Crippen LogP contribution in [0.25, 0.3) is 0 Å². The summed E-state index contributed by atoms with van der Waals surface area (Å²) < 4.78 is 0. The van der Waals surface area contributed by atoms with Crippen molar-refractivity contribution in [2.45, 2.75) is 78.1 Å². The van der Waals surface area contributed by atoms with Gasteiger partial charge in [0.25, 0.3) is 0 Å². The number of rotatable bonds is 15. The summed E-state index contributed by atoms with van der Waals surface area (Å²) in [7, 11) is 0. The van der Waals surface area contributed by atoms with Crippen molar-refractivity contribution < 1.29 is 4.79 Å². The Bertz CT molecular complexity index is 391. The van der Waals surface area contributed by atoms with Crippen LogP contribution in [0.5, 0.6) is 0 Å². The monoisotopic (exact) mass is 331 g/mol. The quantitative estimate of drug-likeness (QED) is 0.278. The molecule has 1 amide bonds. The van der Waals surface area contributed by atoms with Gasteiger partial charge in [0.1, 0.15) is 0 Å². The predicted molar refractivity (Wildman–Crippen MR) is 107 cm³/mol. The van der Waals surface area contributed by atoms with Crippen LogP contribution >= 0.6 is 0 Å². The van der Waals surface area contributed by atoms with E-state index in [4.69, 9.17) is 0 Å². The number of allylic oxidation sites excluding steroid dienone is 8. The first-order valence-electron chi connectivity index (χ1n) is 9.67. The molecule has 0 fully saturated rings. The Morgan fingerprint density at radius 1 is 0.708 bits per heavy atom. The van der Waals surface area contributed by atoms with E-state index in [9.17, 15) is 4.79 Å². The van der Waals surface area contributed by atoms with Gasteiger partial charge in [0.15, 0.2) is 0 Å².